The summed E-state index contributed by atoms with van der Waals surface area (Å²) in [5.41, 5.74) is 3.12. The van der Waals surface area contributed by atoms with Gasteiger partial charge >= 0.3 is 5.97 Å². The molecule has 0 radical (unpaired) electrons. The van der Waals surface area contributed by atoms with Crippen LogP contribution < -0.4 is 5.56 Å². The van der Waals surface area contributed by atoms with E-state index in [4.69, 9.17) is 9.72 Å². The Morgan fingerprint density at radius 3 is 2.85 bits per heavy atom. The number of allylic oxidation sites excluding steroid dienone is 1. The number of aliphatic hydroxyl groups is 1. The van der Waals surface area contributed by atoms with Crippen molar-refractivity contribution in [1.29, 1.82) is 0 Å². The summed E-state index contributed by atoms with van der Waals surface area (Å²) in [6, 6.07) is 9.54. The number of fused-ring (bicyclic) bond motifs is 5. The number of rotatable bonds is 3. The zero-order valence-corrected chi connectivity index (χ0v) is 18.8. The van der Waals surface area contributed by atoms with Crippen molar-refractivity contribution in [1.82, 2.24) is 14.5 Å². The highest BCUT2D eigenvalue weighted by atomic mass is 16.6. The molecule has 1 saturated heterocycles. The minimum absolute atomic E-state index is 0.0980. The summed E-state index contributed by atoms with van der Waals surface area (Å²) in [6.45, 7) is 3.16. The van der Waals surface area contributed by atoms with Crippen LogP contribution in [0, 0.1) is 0 Å². The van der Waals surface area contributed by atoms with E-state index < -0.39 is 11.6 Å². The van der Waals surface area contributed by atoms with Gasteiger partial charge < -0.3 is 19.3 Å². The lowest BCUT2D eigenvalue weighted by molar-refractivity contribution is -0.172. The lowest BCUT2D eigenvalue weighted by atomic mass is 9.86. The normalized spacial score (nSPS) is 20.7. The predicted molar refractivity (Wildman–Crippen MR) is 123 cm³/mol. The maximum atomic E-state index is 13.5. The highest BCUT2D eigenvalue weighted by Crippen LogP contribution is 2.40. The maximum Gasteiger partial charge on any atom is 0.343 e. The monoisotopic (exact) mass is 457 g/mol. The van der Waals surface area contributed by atoms with Gasteiger partial charge in [-0.05, 0) is 37.0 Å². The van der Waals surface area contributed by atoms with Crippen LogP contribution in [0.2, 0.25) is 0 Å². The van der Waals surface area contributed by atoms with Gasteiger partial charge in [-0.3, -0.25) is 4.79 Å². The molecule has 3 aliphatic heterocycles. The number of aromatic nitrogens is 2. The van der Waals surface area contributed by atoms with Crippen LogP contribution in [0.1, 0.15) is 48.4 Å². The number of nitrogens with zero attached hydrogens (tertiary/aromatic N) is 3. The van der Waals surface area contributed by atoms with Crippen molar-refractivity contribution < 1.29 is 19.4 Å². The molecule has 0 unspecified atom stereocenters. The molecule has 6 rings (SSSR count). The molecule has 1 N–H and O–H groups in total. The van der Waals surface area contributed by atoms with E-state index in [-0.39, 0.29) is 18.6 Å². The Hall–Kier alpha value is -3.74. The van der Waals surface area contributed by atoms with Crippen LogP contribution >= 0.6 is 0 Å². The van der Waals surface area contributed by atoms with E-state index in [1.165, 1.54) is 0 Å². The van der Waals surface area contributed by atoms with Crippen molar-refractivity contribution in [3.05, 3.63) is 68.6 Å². The Kier molecular flexibility index (Phi) is 4.52. The predicted octanol–water partition coefficient (Wildman–Crippen LogP) is 2.39. The number of likely N-dealkylation sites (tertiary alicyclic amines) is 1. The van der Waals surface area contributed by atoms with Crippen LogP contribution in [0.15, 0.2) is 40.8 Å². The fraction of sp³-hybridized carbons (Fsp3) is 0.346. The molecule has 0 saturated carbocycles. The molecular weight excluding hydrogens is 434 g/mol. The number of benzene rings is 1. The molecule has 8 heteroatoms. The molecule has 0 bridgehead atoms. The van der Waals surface area contributed by atoms with Gasteiger partial charge in [0.25, 0.3) is 5.56 Å². The summed E-state index contributed by atoms with van der Waals surface area (Å²) in [5, 5.41) is 12.1. The Morgan fingerprint density at radius 1 is 1.24 bits per heavy atom. The van der Waals surface area contributed by atoms with Crippen molar-refractivity contribution in [3.8, 4) is 11.4 Å². The fourth-order valence-electron chi connectivity index (χ4n) is 5.50. The average molecular weight is 457 g/mol. The van der Waals surface area contributed by atoms with Crippen LogP contribution in [0.3, 0.4) is 0 Å². The number of para-hydroxylation sites is 1. The van der Waals surface area contributed by atoms with Crippen molar-refractivity contribution in [2.24, 2.45) is 0 Å². The second-order valence-electron chi connectivity index (χ2n) is 9.11. The average Bonchev–Trinajstić information content (AvgIpc) is 3.46. The second kappa shape index (κ2) is 7.38. The Morgan fingerprint density at radius 2 is 2.06 bits per heavy atom. The summed E-state index contributed by atoms with van der Waals surface area (Å²) < 4.78 is 6.81. The number of cyclic esters (lactones) is 1. The second-order valence-corrected chi connectivity index (χ2v) is 9.11. The van der Waals surface area contributed by atoms with Crippen molar-refractivity contribution in [2.45, 2.75) is 51.5 Å². The molecule has 172 valence electrons. The molecule has 8 nitrogen and oxygen atoms in total. The van der Waals surface area contributed by atoms with Crippen molar-refractivity contribution in [3.63, 3.8) is 0 Å². The van der Waals surface area contributed by atoms with Crippen molar-refractivity contribution >= 4 is 22.8 Å². The van der Waals surface area contributed by atoms with Gasteiger partial charge in [0, 0.05) is 29.6 Å². The van der Waals surface area contributed by atoms with E-state index in [1.54, 1.807) is 17.6 Å². The van der Waals surface area contributed by atoms with Crippen LogP contribution in [-0.2, 0) is 39.6 Å². The Balaban J connectivity index is 1.59. The number of pyridine rings is 2. The van der Waals surface area contributed by atoms with Crippen LogP contribution in [0.4, 0.5) is 0 Å². The zero-order chi connectivity index (χ0) is 23.6. The van der Waals surface area contributed by atoms with Gasteiger partial charge in [0.1, 0.15) is 12.5 Å². The smallest absolute Gasteiger partial charge is 0.343 e. The van der Waals surface area contributed by atoms with Crippen LogP contribution in [0.25, 0.3) is 22.3 Å². The highest BCUT2D eigenvalue weighted by molar-refractivity contribution is 5.89. The number of carbonyl (C=O) groups excluding carboxylic acids is 2. The van der Waals surface area contributed by atoms with Crippen molar-refractivity contribution in [2.75, 3.05) is 6.54 Å². The standard InChI is InChI=1S/C26H23N3O5/c1-2-26(33)20-10-22-23-18(12-29(22)24(31)19(20)14-34-25(26)32)17(11-28-9-5-6-15(28)13-30)16-7-3-4-8-21(16)27-23/h3-4,7-8,10,33H,2,5-6,9,11-12,14H2,1H3/t26-/m0/s1. The van der Waals surface area contributed by atoms with Gasteiger partial charge in [-0.25, -0.2) is 14.6 Å². The first-order valence-corrected chi connectivity index (χ1v) is 11.5. The van der Waals surface area contributed by atoms with Gasteiger partial charge in [-0.2, -0.15) is 0 Å². The first kappa shape index (κ1) is 20.8. The quantitative estimate of drug-likeness (QED) is 0.372. The molecular formula is C26H23N3O5. The largest absolute Gasteiger partial charge is 0.458 e. The van der Waals surface area contributed by atoms with Gasteiger partial charge in [0.05, 0.1) is 34.7 Å². The molecule has 1 aromatic carbocycles. The third kappa shape index (κ3) is 2.76. The molecule has 34 heavy (non-hydrogen) atoms. The molecule has 3 aliphatic rings. The molecule has 0 aliphatic carbocycles. The first-order valence-electron chi connectivity index (χ1n) is 11.5. The van der Waals surface area contributed by atoms with E-state index in [0.29, 0.717) is 47.7 Å². The van der Waals surface area contributed by atoms with Crippen LogP contribution in [-0.4, -0.2) is 38.0 Å². The maximum absolute atomic E-state index is 13.5. The van der Waals surface area contributed by atoms with Gasteiger partial charge in [0.2, 0.25) is 0 Å². The zero-order valence-electron chi connectivity index (χ0n) is 18.8. The summed E-state index contributed by atoms with van der Waals surface area (Å²) in [6.07, 6.45) is 1.72. The van der Waals surface area contributed by atoms with Crippen LogP contribution in [0.5, 0.6) is 0 Å². The van der Waals surface area contributed by atoms with E-state index in [1.807, 2.05) is 29.2 Å². The molecule has 2 aromatic heterocycles. The number of carbonyl (C=O) groups is 1. The molecule has 1 atom stereocenters. The molecule has 3 aromatic rings. The first-order chi connectivity index (χ1) is 16.5. The van der Waals surface area contributed by atoms with Gasteiger partial charge in [-0.1, -0.05) is 25.1 Å². The van der Waals surface area contributed by atoms with Gasteiger partial charge in [-0.15, -0.1) is 0 Å². The molecule has 0 amide bonds. The van der Waals surface area contributed by atoms with Gasteiger partial charge in [0.15, 0.2) is 5.60 Å². The van der Waals surface area contributed by atoms with E-state index in [2.05, 4.69) is 5.94 Å². The fourth-order valence-corrected chi connectivity index (χ4v) is 5.50. The Labute approximate surface area is 195 Å². The number of hydrogen-bond donors (Lipinski definition) is 1. The minimum Gasteiger partial charge on any atom is -0.458 e. The minimum atomic E-state index is -1.86. The SMILES string of the molecule is CC[C@@]1(O)C(=O)OCc2c1cc1n(c2=O)Cc2c-1nc1ccccc1c2CN1CCCC1=C=O. The Bertz CT molecular complexity index is 1500. The molecule has 0 spiro atoms. The summed E-state index contributed by atoms with van der Waals surface area (Å²) in [7, 11) is 0. The molecule has 5 heterocycles. The highest BCUT2D eigenvalue weighted by Gasteiger charge is 2.45. The topological polar surface area (TPSA) is 102 Å². The number of esters is 1. The van der Waals surface area contributed by atoms with E-state index in [9.17, 15) is 19.5 Å². The number of hydrogen-bond acceptors (Lipinski definition) is 7. The molecule has 1 fully saturated rings. The van der Waals surface area contributed by atoms with E-state index >= 15 is 0 Å². The van der Waals surface area contributed by atoms with E-state index in [0.717, 1.165) is 35.0 Å². The lowest BCUT2D eigenvalue weighted by Gasteiger charge is -2.31. The summed E-state index contributed by atoms with van der Waals surface area (Å²) in [5.74, 6) is 1.34. The third-order valence-electron chi connectivity index (χ3n) is 7.40. The summed E-state index contributed by atoms with van der Waals surface area (Å²) >= 11 is 0. The number of ether oxygens (including phenoxy) is 1. The lowest BCUT2D eigenvalue weighted by Crippen LogP contribution is -2.44. The third-order valence-corrected chi connectivity index (χ3v) is 7.40. The summed E-state index contributed by atoms with van der Waals surface area (Å²) in [4.78, 5) is 44.3.